The van der Waals surface area contributed by atoms with Crippen molar-refractivity contribution in [3.63, 3.8) is 0 Å². The van der Waals surface area contributed by atoms with Gasteiger partial charge in [-0.3, -0.25) is 14.9 Å². The third-order valence-corrected chi connectivity index (χ3v) is 2.86. The van der Waals surface area contributed by atoms with Gasteiger partial charge in [0.05, 0.1) is 17.0 Å². The van der Waals surface area contributed by atoms with Gasteiger partial charge in [0.1, 0.15) is 5.82 Å². The summed E-state index contributed by atoms with van der Waals surface area (Å²) < 4.78 is 26.5. The Labute approximate surface area is 106 Å². The van der Waals surface area contributed by atoms with Crippen LogP contribution in [0, 0.1) is 21.7 Å². The van der Waals surface area contributed by atoms with E-state index < -0.39 is 39.9 Å². The average Bonchev–Trinajstić information content (AvgIpc) is 2.85. The van der Waals surface area contributed by atoms with E-state index in [4.69, 9.17) is 0 Å². The van der Waals surface area contributed by atoms with Gasteiger partial charge >= 0.3 is 0 Å². The maximum absolute atomic E-state index is 13.5. The molecule has 1 atom stereocenters. The topological polar surface area (TPSA) is 84.3 Å². The maximum atomic E-state index is 13.5. The van der Waals surface area contributed by atoms with Crippen molar-refractivity contribution < 1.29 is 18.5 Å². The van der Waals surface area contributed by atoms with Crippen LogP contribution in [0.5, 0.6) is 0 Å². The van der Waals surface area contributed by atoms with E-state index in [1.54, 1.807) is 0 Å². The van der Waals surface area contributed by atoms with Gasteiger partial charge in [-0.2, -0.15) is 0 Å². The molecule has 1 aliphatic rings. The highest BCUT2D eigenvalue weighted by atomic mass is 19.1. The summed E-state index contributed by atoms with van der Waals surface area (Å²) in [5, 5.41) is 15.8. The third-order valence-electron chi connectivity index (χ3n) is 2.86. The molecular weight excluding hydrogens is 260 g/mol. The lowest BCUT2D eigenvalue weighted by atomic mass is 10.2. The summed E-state index contributed by atoms with van der Waals surface area (Å²) in [4.78, 5) is 21.6. The second kappa shape index (κ2) is 5.27. The van der Waals surface area contributed by atoms with Crippen molar-refractivity contribution in [2.24, 2.45) is 0 Å². The lowest BCUT2D eigenvalue weighted by Crippen LogP contribution is -2.35. The predicted octanol–water partition coefficient (Wildman–Crippen LogP) is 1.56. The molecule has 0 bridgehead atoms. The fraction of sp³-hybridized carbons (Fsp3) is 0.364. The summed E-state index contributed by atoms with van der Waals surface area (Å²) >= 11 is 0. The van der Waals surface area contributed by atoms with Crippen LogP contribution in [-0.2, 0) is 4.79 Å². The molecule has 1 aromatic rings. The zero-order valence-electron chi connectivity index (χ0n) is 9.78. The molecule has 0 spiro atoms. The minimum atomic E-state index is -1.17. The molecular formula is C11H11F2N3O3. The summed E-state index contributed by atoms with van der Waals surface area (Å²) in [7, 11) is 0. The Morgan fingerprint density at radius 2 is 2.21 bits per heavy atom. The summed E-state index contributed by atoms with van der Waals surface area (Å²) in [6.07, 6.45) is 1.37. The molecule has 0 aromatic heterocycles. The summed E-state index contributed by atoms with van der Waals surface area (Å²) in [5.74, 6) is -2.80. The van der Waals surface area contributed by atoms with E-state index in [1.807, 2.05) is 0 Å². The average molecular weight is 271 g/mol. The van der Waals surface area contributed by atoms with Crippen molar-refractivity contribution in [2.75, 3.05) is 11.9 Å². The van der Waals surface area contributed by atoms with Crippen LogP contribution in [0.3, 0.4) is 0 Å². The summed E-state index contributed by atoms with van der Waals surface area (Å²) in [6.45, 7) is 0.659. The molecule has 1 saturated heterocycles. The Morgan fingerprint density at radius 1 is 1.47 bits per heavy atom. The monoisotopic (exact) mass is 271 g/mol. The molecule has 1 fully saturated rings. The minimum Gasteiger partial charge on any atom is -0.317 e. The van der Waals surface area contributed by atoms with Gasteiger partial charge in [0, 0.05) is 6.07 Å². The molecule has 102 valence electrons. The Morgan fingerprint density at radius 3 is 2.79 bits per heavy atom. The number of nitro groups is 1. The van der Waals surface area contributed by atoms with E-state index >= 15 is 0 Å². The highest BCUT2D eigenvalue weighted by molar-refractivity contribution is 5.97. The number of nitro benzene ring substituents is 1. The first kappa shape index (κ1) is 13.3. The highest BCUT2D eigenvalue weighted by Crippen LogP contribution is 2.29. The van der Waals surface area contributed by atoms with Gasteiger partial charge in [0.25, 0.3) is 5.69 Å². The molecule has 0 aliphatic carbocycles. The van der Waals surface area contributed by atoms with Crippen molar-refractivity contribution >= 4 is 17.3 Å². The summed E-state index contributed by atoms with van der Waals surface area (Å²) in [5.41, 5.74) is -1.41. The van der Waals surface area contributed by atoms with Crippen LogP contribution < -0.4 is 10.6 Å². The predicted molar refractivity (Wildman–Crippen MR) is 62.7 cm³/mol. The number of rotatable bonds is 3. The van der Waals surface area contributed by atoms with Gasteiger partial charge in [-0.1, -0.05) is 0 Å². The van der Waals surface area contributed by atoms with Crippen molar-refractivity contribution in [3.8, 4) is 0 Å². The second-order valence-corrected chi connectivity index (χ2v) is 4.18. The number of hydrogen-bond acceptors (Lipinski definition) is 4. The van der Waals surface area contributed by atoms with Crippen LogP contribution in [0.4, 0.5) is 20.2 Å². The molecule has 2 N–H and O–H groups in total. The Hall–Kier alpha value is -2.09. The van der Waals surface area contributed by atoms with Crippen molar-refractivity contribution in [2.45, 2.75) is 18.9 Å². The number of benzene rings is 1. The van der Waals surface area contributed by atoms with Gasteiger partial charge in [-0.15, -0.1) is 0 Å². The number of halogens is 2. The van der Waals surface area contributed by atoms with Crippen LogP contribution in [0.2, 0.25) is 0 Å². The first-order valence-corrected chi connectivity index (χ1v) is 5.66. The van der Waals surface area contributed by atoms with Crippen LogP contribution >= 0.6 is 0 Å². The van der Waals surface area contributed by atoms with Gasteiger partial charge in [0.2, 0.25) is 5.91 Å². The number of carbonyl (C=O) groups excluding carboxylic acids is 1. The number of carbonyl (C=O) groups is 1. The second-order valence-electron chi connectivity index (χ2n) is 4.18. The number of anilines is 1. The summed E-state index contributed by atoms with van der Waals surface area (Å²) in [6, 6.07) is 0.551. The van der Waals surface area contributed by atoms with Crippen LogP contribution in [-0.4, -0.2) is 23.4 Å². The maximum Gasteiger partial charge on any atom is 0.298 e. The molecule has 19 heavy (non-hydrogen) atoms. The Kier molecular flexibility index (Phi) is 3.70. The zero-order valence-corrected chi connectivity index (χ0v) is 9.78. The van der Waals surface area contributed by atoms with Gasteiger partial charge in [-0.25, -0.2) is 8.78 Å². The van der Waals surface area contributed by atoms with Crippen LogP contribution in [0.15, 0.2) is 12.1 Å². The molecule has 2 rings (SSSR count). The SMILES string of the molecule is O=C(Nc1c(F)cc(F)cc1[N+](=O)[O-])[C@@H]1CCCN1. The number of amides is 1. The molecule has 8 heteroatoms. The van der Waals surface area contributed by atoms with E-state index in [0.29, 0.717) is 25.1 Å². The van der Waals surface area contributed by atoms with Crippen molar-refractivity contribution in [3.05, 3.63) is 33.9 Å². The van der Waals surface area contributed by atoms with E-state index in [1.165, 1.54) is 0 Å². The van der Waals surface area contributed by atoms with Crippen molar-refractivity contribution in [1.82, 2.24) is 5.32 Å². The normalized spacial score (nSPS) is 18.3. The van der Waals surface area contributed by atoms with Crippen LogP contribution in [0.25, 0.3) is 0 Å². The molecule has 6 nitrogen and oxygen atoms in total. The zero-order chi connectivity index (χ0) is 14.0. The minimum absolute atomic E-state index is 0.491. The van der Waals surface area contributed by atoms with E-state index in [0.717, 1.165) is 6.42 Å². The molecule has 0 saturated carbocycles. The first-order chi connectivity index (χ1) is 8.99. The molecule has 1 aromatic carbocycles. The molecule has 1 aliphatic heterocycles. The standard InChI is InChI=1S/C11H11F2N3O3/c12-6-4-7(13)10(9(5-6)16(18)19)15-11(17)8-2-1-3-14-8/h4-5,8,14H,1-3H2,(H,15,17)/t8-/m0/s1. The fourth-order valence-corrected chi connectivity index (χ4v) is 1.95. The quantitative estimate of drug-likeness (QED) is 0.645. The van der Waals surface area contributed by atoms with Gasteiger partial charge < -0.3 is 10.6 Å². The molecule has 1 heterocycles. The smallest absolute Gasteiger partial charge is 0.298 e. The fourth-order valence-electron chi connectivity index (χ4n) is 1.95. The third kappa shape index (κ3) is 2.84. The van der Waals surface area contributed by atoms with E-state index in [-0.39, 0.29) is 0 Å². The van der Waals surface area contributed by atoms with Gasteiger partial charge in [-0.05, 0) is 19.4 Å². The van der Waals surface area contributed by atoms with Crippen molar-refractivity contribution in [1.29, 1.82) is 0 Å². The molecule has 0 unspecified atom stereocenters. The molecule has 1 amide bonds. The largest absolute Gasteiger partial charge is 0.317 e. The molecule has 0 radical (unpaired) electrons. The Balaban J connectivity index is 2.28. The van der Waals surface area contributed by atoms with E-state index in [9.17, 15) is 23.7 Å². The number of hydrogen-bond donors (Lipinski definition) is 2. The van der Waals surface area contributed by atoms with Gasteiger partial charge in [0.15, 0.2) is 11.5 Å². The number of nitrogens with zero attached hydrogens (tertiary/aromatic N) is 1. The number of nitrogens with one attached hydrogen (secondary N) is 2. The highest BCUT2D eigenvalue weighted by Gasteiger charge is 2.27. The lowest BCUT2D eigenvalue weighted by molar-refractivity contribution is -0.384. The first-order valence-electron chi connectivity index (χ1n) is 5.66. The van der Waals surface area contributed by atoms with E-state index in [2.05, 4.69) is 10.6 Å². The lowest BCUT2D eigenvalue weighted by Gasteiger charge is -2.11. The van der Waals surface area contributed by atoms with Crippen LogP contribution in [0.1, 0.15) is 12.8 Å². The Bertz CT molecular complexity index is 530.